The number of benzene rings is 1. The Labute approximate surface area is 118 Å². The summed E-state index contributed by atoms with van der Waals surface area (Å²) in [5, 5.41) is 4.04. The molecule has 108 valence electrons. The zero-order valence-corrected chi connectivity index (χ0v) is 11.7. The van der Waals surface area contributed by atoms with Gasteiger partial charge < -0.3 is 10.1 Å². The monoisotopic (exact) mass is 302 g/mol. The number of aromatic nitrogens is 1. The maximum Gasteiger partial charge on any atom is 0.573 e. The van der Waals surface area contributed by atoms with Crippen molar-refractivity contribution in [3.8, 4) is 5.75 Å². The van der Waals surface area contributed by atoms with Gasteiger partial charge in [-0.2, -0.15) is 0 Å². The first-order valence-electron chi connectivity index (χ1n) is 5.86. The fourth-order valence-corrected chi connectivity index (χ4v) is 2.44. The summed E-state index contributed by atoms with van der Waals surface area (Å²) in [6.45, 7) is 4.48. The molecule has 1 aromatic carbocycles. The van der Waals surface area contributed by atoms with Gasteiger partial charge in [0.1, 0.15) is 10.8 Å². The molecule has 0 unspecified atom stereocenters. The third-order valence-corrected chi connectivity index (χ3v) is 3.68. The van der Waals surface area contributed by atoms with Gasteiger partial charge in [0.25, 0.3) is 0 Å². The summed E-state index contributed by atoms with van der Waals surface area (Å²) in [7, 11) is 0. The number of halogens is 3. The lowest BCUT2D eigenvalue weighted by Crippen LogP contribution is -2.17. The second-order valence-electron chi connectivity index (χ2n) is 4.17. The highest BCUT2D eigenvalue weighted by Crippen LogP contribution is 2.24. The number of rotatable bonds is 4. The number of ether oxygens (including phenoxy) is 1. The molecule has 0 bridgehead atoms. The minimum absolute atomic E-state index is 0.232. The van der Waals surface area contributed by atoms with Crippen LogP contribution in [-0.2, 0) is 6.54 Å². The molecule has 0 aliphatic carbocycles. The van der Waals surface area contributed by atoms with Crippen molar-refractivity contribution in [2.24, 2.45) is 0 Å². The van der Waals surface area contributed by atoms with Crippen LogP contribution >= 0.6 is 11.3 Å². The summed E-state index contributed by atoms with van der Waals surface area (Å²) in [4.78, 5) is 5.54. The summed E-state index contributed by atoms with van der Waals surface area (Å²) in [6, 6.07) is 5.62. The zero-order valence-electron chi connectivity index (χ0n) is 10.9. The van der Waals surface area contributed by atoms with Crippen molar-refractivity contribution in [1.29, 1.82) is 0 Å². The van der Waals surface area contributed by atoms with E-state index in [9.17, 15) is 13.2 Å². The maximum absolute atomic E-state index is 12.0. The van der Waals surface area contributed by atoms with Crippen LogP contribution in [0, 0.1) is 13.8 Å². The van der Waals surface area contributed by atoms with E-state index in [1.807, 2.05) is 13.8 Å². The lowest BCUT2D eigenvalue weighted by Gasteiger charge is -2.09. The number of hydrogen-bond acceptors (Lipinski definition) is 4. The van der Waals surface area contributed by atoms with Gasteiger partial charge in [0, 0.05) is 10.6 Å². The zero-order chi connectivity index (χ0) is 14.8. The van der Waals surface area contributed by atoms with Crippen LogP contribution < -0.4 is 10.1 Å². The van der Waals surface area contributed by atoms with Crippen LogP contribution in [0.15, 0.2) is 24.3 Å². The maximum atomic E-state index is 12.0. The third-order valence-electron chi connectivity index (χ3n) is 2.60. The van der Waals surface area contributed by atoms with E-state index in [1.54, 1.807) is 11.3 Å². The largest absolute Gasteiger partial charge is 0.573 e. The summed E-state index contributed by atoms with van der Waals surface area (Å²) in [5.74, 6) is -0.232. The van der Waals surface area contributed by atoms with Gasteiger partial charge in [-0.15, -0.1) is 24.5 Å². The van der Waals surface area contributed by atoms with Crippen molar-refractivity contribution in [1.82, 2.24) is 4.98 Å². The summed E-state index contributed by atoms with van der Waals surface area (Å²) < 4.78 is 39.8. The summed E-state index contributed by atoms with van der Waals surface area (Å²) in [6.07, 6.45) is -4.66. The first kappa shape index (κ1) is 14.6. The van der Waals surface area contributed by atoms with Gasteiger partial charge in [-0.1, -0.05) is 0 Å². The van der Waals surface area contributed by atoms with E-state index in [0.29, 0.717) is 12.2 Å². The Kier molecular flexibility index (Phi) is 4.17. The molecule has 20 heavy (non-hydrogen) atoms. The smallest absolute Gasteiger partial charge is 0.406 e. The Morgan fingerprint density at radius 2 is 1.85 bits per heavy atom. The first-order valence-corrected chi connectivity index (χ1v) is 6.68. The van der Waals surface area contributed by atoms with Gasteiger partial charge in [0.05, 0.1) is 12.2 Å². The second kappa shape index (κ2) is 5.70. The normalized spacial score (nSPS) is 11.4. The van der Waals surface area contributed by atoms with E-state index >= 15 is 0 Å². The molecule has 0 atom stereocenters. The van der Waals surface area contributed by atoms with Crippen molar-refractivity contribution in [3.63, 3.8) is 0 Å². The minimum atomic E-state index is -4.66. The molecule has 0 spiro atoms. The molecule has 1 N–H and O–H groups in total. The highest BCUT2D eigenvalue weighted by Gasteiger charge is 2.30. The number of nitrogens with one attached hydrogen (secondary N) is 1. The number of alkyl halides is 3. The fraction of sp³-hybridized carbons (Fsp3) is 0.308. The molecule has 2 rings (SSSR count). The number of nitrogens with zero attached hydrogens (tertiary/aromatic N) is 1. The Balaban J connectivity index is 1.94. The van der Waals surface area contributed by atoms with Crippen LogP contribution in [0.3, 0.4) is 0 Å². The molecule has 0 saturated carbocycles. The highest BCUT2D eigenvalue weighted by atomic mass is 32.1. The average molecular weight is 302 g/mol. The Hall–Kier alpha value is -1.76. The topological polar surface area (TPSA) is 34.2 Å². The van der Waals surface area contributed by atoms with Crippen LogP contribution in [0.25, 0.3) is 0 Å². The van der Waals surface area contributed by atoms with Crippen LogP contribution in [0.5, 0.6) is 5.75 Å². The van der Waals surface area contributed by atoms with Crippen LogP contribution in [-0.4, -0.2) is 11.3 Å². The minimum Gasteiger partial charge on any atom is -0.406 e. The fourth-order valence-electron chi connectivity index (χ4n) is 1.57. The molecule has 0 radical (unpaired) electrons. The standard InChI is InChI=1S/C13H13F3N2OS/c1-8-9(2)20-12(18-8)7-17-10-3-5-11(6-4-10)19-13(14,15)16/h3-6,17H,7H2,1-2H3. The summed E-state index contributed by atoms with van der Waals surface area (Å²) in [5.41, 5.74) is 1.71. The summed E-state index contributed by atoms with van der Waals surface area (Å²) >= 11 is 1.60. The molecule has 7 heteroatoms. The molecule has 0 aliphatic heterocycles. The van der Waals surface area contributed by atoms with Gasteiger partial charge in [-0.05, 0) is 38.1 Å². The van der Waals surface area contributed by atoms with Crippen molar-refractivity contribution in [2.45, 2.75) is 26.8 Å². The van der Waals surface area contributed by atoms with E-state index in [0.717, 1.165) is 15.6 Å². The average Bonchev–Trinajstić information content (AvgIpc) is 2.66. The molecule has 0 amide bonds. The predicted molar refractivity (Wildman–Crippen MR) is 72.0 cm³/mol. The van der Waals surface area contributed by atoms with Crippen LogP contribution in [0.4, 0.5) is 18.9 Å². The lowest BCUT2D eigenvalue weighted by atomic mass is 10.3. The molecule has 3 nitrogen and oxygen atoms in total. The number of anilines is 1. The predicted octanol–water partition coefficient (Wildman–Crippen LogP) is 4.27. The first-order chi connectivity index (χ1) is 9.33. The van der Waals surface area contributed by atoms with Crippen molar-refractivity contribution in [3.05, 3.63) is 39.8 Å². The van der Waals surface area contributed by atoms with Gasteiger partial charge in [0.15, 0.2) is 0 Å². The van der Waals surface area contributed by atoms with Gasteiger partial charge in [0.2, 0.25) is 0 Å². The number of thiazole rings is 1. The SMILES string of the molecule is Cc1nc(CNc2ccc(OC(F)(F)F)cc2)sc1C. The van der Waals surface area contributed by atoms with E-state index in [2.05, 4.69) is 15.0 Å². The molecule has 1 aromatic heterocycles. The Morgan fingerprint density at radius 1 is 1.20 bits per heavy atom. The molecular formula is C13H13F3N2OS. The molecular weight excluding hydrogens is 289 g/mol. The van der Waals surface area contributed by atoms with Crippen molar-refractivity contribution in [2.75, 3.05) is 5.32 Å². The van der Waals surface area contributed by atoms with Gasteiger partial charge >= 0.3 is 6.36 Å². The van der Waals surface area contributed by atoms with Crippen LogP contribution in [0.1, 0.15) is 15.6 Å². The molecule has 0 aliphatic rings. The Bertz CT molecular complexity index is 559. The van der Waals surface area contributed by atoms with E-state index in [1.165, 1.54) is 24.3 Å². The quantitative estimate of drug-likeness (QED) is 0.915. The van der Waals surface area contributed by atoms with Crippen molar-refractivity contribution >= 4 is 17.0 Å². The molecule has 2 aromatic rings. The highest BCUT2D eigenvalue weighted by molar-refractivity contribution is 7.11. The Morgan fingerprint density at radius 3 is 2.35 bits per heavy atom. The number of aryl methyl sites for hydroxylation is 2. The van der Waals surface area contributed by atoms with Gasteiger partial charge in [-0.3, -0.25) is 0 Å². The molecule has 0 fully saturated rings. The number of hydrogen-bond donors (Lipinski definition) is 1. The molecule has 1 heterocycles. The van der Waals surface area contributed by atoms with Crippen molar-refractivity contribution < 1.29 is 17.9 Å². The van der Waals surface area contributed by atoms with E-state index in [-0.39, 0.29) is 5.75 Å². The lowest BCUT2D eigenvalue weighted by molar-refractivity contribution is -0.274. The van der Waals surface area contributed by atoms with Crippen LogP contribution in [0.2, 0.25) is 0 Å². The third kappa shape index (κ3) is 4.12. The molecule has 0 saturated heterocycles. The van der Waals surface area contributed by atoms with E-state index in [4.69, 9.17) is 0 Å². The second-order valence-corrected chi connectivity index (χ2v) is 5.46. The van der Waals surface area contributed by atoms with E-state index < -0.39 is 6.36 Å². The van der Waals surface area contributed by atoms with Gasteiger partial charge in [-0.25, -0.2) is 4.98 Å².